The largest absolute Gasteiger partial charge is 0.508 e. The van der Waals surface area contributed by atoms with Crippen LogP contribution in [0.5, 0.6) is 5.75 Å². The molecule has 0 radical (unpaired) electrons. The van der Waals surface area contributed by atoms with Gasteiger partial charge in [-0.1, -0.05) is 20.8 Å². The molecular formula is C17H20O5. The number of aryl methyl sites for hydroxylation is 1. The van der Waals surface area contributed by atoms with E-state index >= 15 is 0 Å². The molecule has 0 aliphatic heterocycles. The van der Waals surface area contributed by atoms with Crippen LogP contribution in [-0.2, 0) is 22.6 Å². The predicted molar refractivity (Wildman–Crippen MR) is 82.8 cm³/mol. The second-order valence-electron chi connectivity index (χ2n) is 5.34. The van der Waals surface area contributed by atoms with Crippen LogP contribution in [0.3, 0.4) is 0 Å². The van der Waals surface area contributed by atoms with Crippen LogP contribution in [-0.4, -0.2) is 11.1 Å². The van der Waals surface area contributed by atoms with Crippen molar-refractivity contribution in [1.82, 2.24) is 0 Å². The number of ether oxygens (including phenoxy) is 1. The van der Waals surface area contributed by atoms with Gasteiger partial charge in [-0.15, -0.1) is 0 Å². The molecule has 0 bridgehead atoms. The third-order valence-corrected chi connectivity index (χ3v) is 3.79. The standard InChI is InChI=1S/C17H20O5/c1-4-10(3)17(20)21-9-12-7-16(19)22-15-8-14(18)11(5-2)6-13(12)15/h6-8,10,18H,4-5,9H2,1-3H3/t10-/m1/s1. The Morgan fingerprint density at radius 2 is 2.00 bits per heavy atom. The Morgan fingerprint density at radius 1 is 1.27 bits per heavy atom. The van der Waals surface area contributed by atoms with Gasteiger partial charge >= 0.3 is 11.6 Å². The molecule has 0 saturated carbocycles. The van der Waals surface area contributed by atoms with Gasteiger partial charge in [0.2, 0.25) is 0 Å². The minimum absolute atomic E-state index is 0.0131. The summed E-state index contributed by atoms with van der Waals surface area (Å²) in [4.78, 5) is 23.4. The highest BCUT2D eigenvalue weighted by Gasteiger charge is 2.15. The highest BCUT2D eigenvalue weighted by atomic mass is 16.5. The summed E-state index contributed by atoms with van der Waals surface area (Å²) in [5, 5.41) is 10.5. The van der Waals surface area contributed by atoms with Crippen molar-refractivity contribution in [3.8, 4) is 5.75 Å². The van der Waals surface area contributed by atoms with E-state index < -0.39 is 5.63 Å². The van der Waals surface area contributed by atoms with E-state index in [1.807, 2.05) is 13.8 Å². The molecule has 0 fully saturated rings. The van der Waals surface area contributed by atoms with Crippen molar-refractivity contribution in [3.63, 3.8) is 0 Å². The minimum atomic E-state index is -0.536. The average molecular weight is 304 g/mol. The minimum Gasteiger partial charge on any atom is -0.508 e. The van der Waals surface area contributed by atoms with Crippen molar-refractivity contribution in [2.24, 2.45) is 5.92 Å². The van der Waals surface area contributed by atoms with E-state index in [1.54, 1.807) is 13.0 Å². The van der Waals surface area contributed by atoms with Crippen molar-refractivity contribution in [2.45, 2.75) is 40.2 Å². The lowest BCUT2D eigenvalue weighted by Gasteiger charge is -2.11. The molecular weight excluding hydrogens is 284 g/mol. The predicted octanol–water partition coefficient (Wildman–Crippen LogP) is 3.15. The second kappa shape index (κ2) is 6.64. The van der Waals surface area contributed by atoms with E-state index in [2.05, 4.69) is 0 Å². The molecule has 0 amide bonds. The fourth-order valence-corrected chi connectivity index (χ4v) is 2.17. The number of phenols is 1. The summed E-state index contributed by atoms with van der Waals surface area (Å²) >= 11 is 0. The molecule has 5 heteroatoms. The molecule has 1 N–H and O–H groups in total. The van der Waals surface area contributed by atoms with Crippen molar-refractivity contribution in [1.29, 1.82) is 0 Å². The van der Waals surface area contributed by atoms with E-state index in [1.165, 1.54) is 12.1 Å². The quantitative estimate of drug-likeness (QED) is 0.678. The molecule has 0 aliphatic rings. The second-order valence-corrected chi connectivity index (χ2v) is 5.34. The van der Waals surface area contributed by atoms with Crippen LogP contribution in [0.2, 0.25) is 0 Å². The molecule has 1 atom stereocenters. The van der Waals surface area contributed by atoms with Crippen LogP contribution in [0.25, 0.3) is 11.0 Å². The van der Waals surface area contributed by atoms with Gasteiger partial charge in [-0.3, -0.25) is 4.79 Å². The van der Waals surface area contributed by atoms with Gasteiger partial charge in [-0.05, 0) is 24.5 Å². The van der Waals surface area contributed by atoms with Gasteiger partial charge in [-0.25, -0.2) is 4.79 Å². The average Bonchev–Trinajstić information content (AvgIpc) is 2.50. The number of hydrogen-bond donors (Lipinski definition) is 1. The van der Waals surface area contributed by atoms with Crippen LogP contribution in [0.15, 0.2) is 27.4 Å². The van der Waals surface area contributed by atoms with Crippen molar-refractivity contribution >= 4 is 16.9 Å². The number of benzene rings is 1. The Hall–Kier alpha value is -2.30. The van der Waals surface area contributed by atoms with Gasteiger partial charge in [-0.2, -0.15) is 0 Å². The zero-order chi connectivity index (χ0) is 16.3. The van der Waals surface area contributed by atoms with Gasteiger partial charge in [0.05, 0.1) is 5.92 Å². The van der Waals surface area contributed by atoms with E-state index in [4.69, 9.17) is 9.15 Å². The van der Waals surface area contributed by atoms with Gasteiger partial charge < -0.3 is 14.3 Å². The van der Waals surface area contributed by atoms with Gasteiger partial charge in [0.25, 0.3) is 0 Å². The summed E-state index contributed by atoms with van der Waals surface area (Å²) in [7, 11) is 0. The number of carbonyl (C=O) groups excluding carboxylic acids is 1. The molecule has 0 aliphatic carbocycles. The van der Waals surface area contributed by atoms with Crippen LogP contribution >= 0.6 is 0 Å². The van der Waals surface area contributed by atoms with Crippen molar-refractivity contribution < 1.29 is 19.1 Å². The topological polar surface area (TPSA) is 76.7 Å². The number of fused-ring (bicyclic) bond motifs is 1. The van der Waals surface area contributed by atoms with Crippen LogP contribution in [0, 0.1) is 5.92 Å². The summed E-state index contributed by atoms with van der Waals surface area (Å²) in [5.74, 6) is -0.382. The molecule has 5 nitrogen and oxygen atoms in total. The maximum atomic E-state index is 11.8. The Morgan fingerprint density at radius 3 is 2.64 bits per heavy atom. The van der Waals surface area contributed by atoms with Gasteiger partial charge in [0.15, 0.2) is 0 Å². The van der Waals surface area contributed by atoms with Crippen LogP contribution in [0.4, 0.5) is 0 Å². The fourth-order valence-electron chi connectivity index (χ4n) is 2.17. The lowest BCUT2D eigenvalue weighted by molar-refractivity contribution is -0.149. The number of aromatic hydroxyl groups is 1. The molecule has 1 aromatic heterocycles. The number of phenolic OH excluding ortho intramolecular Hbond substituents is 1. The van der Waals surface area contributed by atoms with Crippen LogP contribution in [0.1, 0.15) is 38.3 Å². The molecule has 22 heavy (non-hydrogen) atoms. The first-order valence-corrected chi connectivity index (χ1v) is 7.41. The SMILES string of the molecule is CCc1cc2c(COC(=O)[C@H](C)CC)cc(=O)oc2cc1O. The fraction of sp³-hybridized carbons (Fsp3) is 0.412. The summed E-state index contributed by atoms with van der Waals surface area (Å²) in [6.45, 7) is 5.64. The number of rotatable bonds is 5. The Bertz CT molecular complexity index is 745. The smallest absolute Gasteiger partial charge is 0.336 e. The first-order valence-electron chi connectivity index (χ1n) is 7.41. The summed E-state index contributed by atoms with van der Waals surface area (Å²) in [6, 6.07) is 4.51. The number of hydrogen-bond acceptors (Lipinski definition) is 5. The Labute approximate surface area is 128 Å². The molecule has 1 aromatic carbocycles. The van der Waals surface area contributed by atoms with E-state index in [0.717, 1.165) is 5.56 Å². The Balaban J connectivity index is 2.40. The van der Waals surface area contributed by atoms with Crippen molar-refractivity contribution in [2.75, 3.05) is 0 Å². The van der Waals surface area contributed by atoms with Crippen LogP contribution < -0.4 is 5.63 Å². The van der Waals surface area contributed by atoms with Gasteiger partial charge in [0.1, 0.15) is 17.9 Å². The first kappa shape index (κ1) is 16.1. The maximum absolute atomic E-state index is 11.8. The zero-order valence-corrected chi connectivity index (χ0v) is 13.0. The molecule has 0 saturated heterocycles. The molecule has 0 unspecified atom stereocenters. The van der Waals surface area contributed by atoms with Gasteiger partial charge in [0, 0.05) is 23.1 Å². The molecule has 2 rings (SSSR count). The normalized spacial score (nSPS) is 12.3. The van der Waals surface area contributed by atoms with Crippen molar-refractivity contribution in [3.05, 3.63) is 39.7 Å². The third kappa shape index (κ3) is 3.30. The van der Waals surface area contributed by atoms with E-state index in [9.17, 15) is 14.7 Å². The highest BCUT2D eigenvalue weighted by Crippen LogP contribution is 2.27. The Kier molecular flexibility index (Phi) is 4.85. The summed E-state index contributed by atoms with van der Waals surface area (Å²) in [5.41, 5.74) is 1.08. The monoisotopic (exact) mass is 304 g/mol. The third-order valence-electron chi connectivity index (χ3n) is 3.79. The number of carbonyl (C=O) groups is 1. The molecule has 0 spiro atoms. The molecule has 118 valence electrons. The maximum Gasteiger partial charge on any atom is 0.336 e. The number of esters is 1. The summed E-state index contributed by atoms with van der Waals surface area (Å²) < 4.78 is 10.4. The first-order chi connectivity index (χ1) is 10.5. The van der Waals surface area contributed by atoms with E-state index in [-0.39, 0.29) is 29.8 Å². The lowest BCUT2D eigenvalue weighted by atomic mass is 10.0. The summed E-state index contributed by atoms with van der Waals surface area (Å²) in [6.07, 6.45) is 1.34. The lowest BCUT2D eigenvalue weighted by Crippen LogP contribution is -2.14. The molecule has 1 heterocycles. The highest BCUT2D eigenvalue weighted by molar-refractivity contribution is 5.83. The zero-order valence-electron chi connectivity index (χ0n) is 13.0. The van der Waals surface area contributed by atoms with E-state index in [0.29, 0.717) is 23.8 Å². The molecule has 2 aromatic rings.